The van der Waals surface area contributed by atoms with E-state index in [2.05, 4.69) is 41.0 Å². The van der Waals surface area contributed by atoms with E-state index < -0.39 is 5.82 Å². The number of rotatable bonds is 2. The Morgan fingerprint density at radius 1 is 1.23 bits per heavy atom. The van der Waals surface area contributed by atoms with Crippen molar-refractivity contribution in [2.24, 2.45) is 0 Å². The van der Waals surface area contributed by atoms with Crippen molar-refractivity contribution < 1.29 is 4.39 Å². The summed E-state index contributed by atoms with van der Waals surface area (Å²) in [6.45, 7) is 6.53. The fourth-order valence-corrected chi connectivity index (χ4v) is 4.79. The predicted molar refractivity (Wildman–Crippen MR) is 89.9 cm³/mol. The normalized spacial score (nSPS) is 11.9. The van der Waals surface area contributed by atoms with E-state index in [1.165, 1.54) is 11.6 Å². The molecule has 0 amide bonds. The van der Waals surface area contributed by atoms with E-state index in [4.69, 9.17) is 11.6 Å². The summed E-state index contributed by atoms with van der Waals surface area (Å²) >= 11 is 6.06. The van der Waals surface area contributed by atoms with Crippen LogP contribution in [0.2, 0.25) is 5.02 Å². The molecule has 0 atom stereocenters. The minimum absolute atomic E-state index is 0.0224. The van der Waals surface area contributed by atoms with Gasteiger partial charge in [0, 0.05) is 0 Å². The predicted octanol–water partition coefficient (Wildman–Crippen LogP) is 4.52. The van der Waals surface area contributed by atoms with Gasteiger partial charge in [0.2, 0.25) is 0 Å². The van der Waals surface area contributed by atoms with Crippen LogP contribution >= 0.6 is 11.6 Å². The molecule has 0 spiro atoms. The molecule has 0 fully saturated rings. The van der Waals surface area contributed by atoms with Gasteiger partial charge in [-0.25, -0.2) is 0 Å². The van der Waals surface area contributed by atoms with Crippen LogP contribution in [0.5, 0.6) is 0 Å². The fraction of sp³-hybridized carbons (Fsp3) is 0.250. The monoisotopic (exact) mass is 383 g/mol. The zero-order valence-corrected chi connectivity index (χ0v) is 14.9. The summed E-state index contributed by atoms with van der Waals surface area (Å²) in [5.74, 6) is 0.312. The van der Waals surface area contributed by atoms with Gasteiger partial charge in [-0.3, -0.25) is 0 Å². The first-order chi connectivity index (χ1) is 10.4. The van der Waals surface area contributed by atoms with Crippen LogP contribution in [0.15, 0.2) is 29.5 Å². The second-order valence-electron chi connectivity index (χ2n) is 6.06. The minimum atomic E-state index is -0.432. The van der Waals surface area contributed by atoms with E-state index in [1.807, 2.05) is 0 Å². The number of nitrogens with zero attached hydrogens (tertiary/aromatic N) is 2. The molecule has 1 N–H and O–H groups in total. The molecule has 2 aromatic heterocycles. The van der Waals surface area contributed by atoms with E-state index in [-0.39, 0.29) is 24.9 Å². The Morgan fingerprint density at radius 3 is 2.68 bits per heavy atom. The van der Waals surface area contributed by atoms with Gasteiger partial charge >= 0.3 is 139 Å². The molecule has 0 saturated carbocycles. The van der Waals surface area contributed by atoms with Gasteiger partial charge in [0.15, 0.2) is 0 Å². The maximum atomic E-state index is 13.3. The Kier molecular flexibility index (Phi) is 3.98. The molecule has 6 heteroatoms. The maximum absolute atomic E-state index is 13.3. The molecule has 0 saturated heterocycles. The van der Waals surface area contributed by atoms with Gasteiger partial charge in [-0.2, -0.15) is 0 Å². The SMILES string of the molecule is CC(C)(C)c1c[se]c2ncnc(Nc3ccc(F)c(Cl)c3)c12. The first kappa shape index (κ1) is 15.5. The molecule has 0 bridgehead atoms. The molecule has 114 valence electrons. The van der Waals surface area contributed by atoms with Crippen LogP contribution in [-0.4, -0.2) is 24.5 Å². The average Bonchev–Trinajstić information content (AvgIpc) is 2.88. The summed E-state index contributed by atoms with van der Waals surface area (Å²) < 4.78 is 14.4. The van der Waals surface area contributed by atoms with Crippen molar-refractivity contribution in [3.8, 4) is 0 Å². The van der Waals surface area contributed by atoms with Crippen LogP contribution in [-0.2, 0) is 5.41 Å². The third kappa shape index (κ3) is 2.89. The first-order valence-corrected chi connectivity index (χ1v) is 9.03. The second kappa shape index (κ2) is 5.65. The molecule has 3 nitrogen and oxygen atoms in total. The number of benzene rings is 1. The Balaban J connectivity index is 2.10. The van der Waals surface area contributed by atoms with Crippen LogP contribution in [0, 0.1) is 5.82 Å². The Bertz CT molecular complexity index is 839. The summed E-state index contributed by atoms with van der Waals surface area (Å²) in [5, 5.41) is 4.40. The number of nitrogens with one attached hydrogen (secondary N) is 1. The Labute approximate surface area is 139 Å². The number of aromatic nitrogens is 2. The van der Waals surface area contributed by atoms with E-state index in [9.17, 15) is 4.39 Å². The standard InChI is InChI=1S/C16H15ClFN3Se/c1-16(2,3)10-7-22-15-13(10)14(19-8-20-15)21-9-4-5-12(18)11(17)6-9/h4-8H,1-3H3,(H,19,20,21). The van der Waals surface area contributed by atoms with Crippen LogP contribution in [0.3, 0.4) is 0 Å². The third-order valence-electron chi connectivity index (χ3n) is 3.36. The van der Waals surface area contributed by atoms with Gasteiger partial charge in [-0.1, -0.05) is 0 Å². The molecule has 22 heavy (non-hydrogen) atoms. The van der Waals surface area contributed by atoms with Crippen LogP contribution in [0.4, 0.5) is 15.9 Å². The molecule has 0 unspecified atom stereocenters. The van der Waals surface area contributed by atoms with Crippen LogP contribution in [0.1, 0.15) is 26.3 Å². The summed E-state index contributed by atoms with van der Waals surface area (Å²) in [6, 6.07) is 4.55. The number of hydrogen-bond acceptors (Lipinski definition) is 3. The van der Waals surface area contributed by atoms with Crippen molar-refractivity contribution in [3.05, 3.63) is 45.9 Å². The quantitative estimate of drug-likeness (QED) is 0.662. The van der Waals surface area contributed by atoms with Gasteiger partial charge in [0.05, 0.1) is 0 Å². The van der Waals surface area contributed by atoms with E-state index in [0.29, 0.717) is 5.69 Å². The topological polar surface area (TPSA) is 37.8 Å². The summed E-state index contributed by atoms with van der Waals surface area (Å²) in [7, 11) is 0. The molecule has 0 radical (unpaired) electrons. The number of anilines is 2. The summed E-state index contributed by atoms with van der Waals surface area (Å²) in [5.41, 5.74) is 1.98. The molecule has 1 aromatic carbocycles. The van der Waals surface area contributed by atoms with Crippen molar-refractivity contribution >= 4 is 47.4 Å². The third-order valence-corrected chi connectivity index (χ3v) is 5.51. The number of hydrogen-bond donors (Lipinski definition) is 1. The van der Waals surface area contributed by atoms with Crippen LogP contribution < -0.4 is 5.32 Å². The van der Waals surface area contributed by atoms with Crippen molar-refractivity contribution in [2.45, 2.75) is 26.2 Å². The molecule has 0 aliphatic rings. The molecule has 3 rings (SSSR count). The average molecular weight is 383 g/mol. The molecule has 3 aromatic rings. The first-order valence-electron chi connectivity index (χ1n) is 6.81. The molecule has 0 aliphatic heterocycles. The van der Waals surface area contributed by atoms with Gasteiger partial charge in [0.1, 0.15) is 0 Å². The second-order valence-corrected chi connectivity index (χ2v) is 8.26. The van der Waals surface area contributed by atoms with E-state index in [0.717, 1.165) is 15.6 Å². The number of fused-ring (bicyclic) bond motifs is 1. The fourth-order valence-electron chi connectivity index (χ4n) is 2.23. The number of halogens is 2. The van der Waals surface area contributed by atoms with Crippen molar-refractivity contribution in [1.29, 1.82) is 0 Å². The Morgan fingerprint density at radius 2 is 2.00 bits per heavy atom. The molecule has 0 aliphatic carbocycles. The van der Waals surface area contributed by atoms with Crippen molar-refractivity contribution in [2.75, 3.05) is 5.32 Å². The molecule has 2 heterocycles. The summed E-state index contributed by atoms with van der Waals surface area (Å²) in [4.78, 5) is 11.0. The van der Waals surface area contributed by atoms with Crippen molar-refractivity contribution in [1.82, 2.24) is 9.97 Å². The van der Waals surface area contributed by atoms with Gasteiger partial charge in [-0.15, -0.1) is 0 Å². The van der Waals surface area contributed by atoms with Gasteiger partial charge < -0.3 is 0 Å². The van der Waals surface area contributed by atoms with Gasteiger partial charge in [0.25, 0.3) is 0 Å². The van der Waals surface area contributed by atoms with Crippen molar-refractivity contribution in [3.63, 3.8) is 0 Å². The van der Waals surface area contributed by atoms with Crippen LogP contribution in [0.25, 0.3) is 9.78 Å². The molecular formula is C16H15ClFN3Se. The van der Waals surface area contributed by atoms with Gasteiger partial charge in [-0.05, 0) is 0 Å². The van der Waals surface area contributed by atoms with E-state index >= 15 is 0 Å². The zero-order valence-electron chi connectivity index (χ0n) is 12.4. The molecular weight excluding hydrogens is 368 g/mol. The summed E-state index contributed by atoms with van der Waals surface area (Å²) in [6.07, 6.45) is 1.56. The Hall–Kier alpha value is -1.42. The van der Waals surface area contributed by atoms with E-state index in [1.54, 1.807) is 18.5 Å². The zero-order chi connectivity index (χ0) is 15.9.